The number of anilines is 2. The van der Waals surface area contributed by atoms with Crippen LogP contribution in [0, 0.1) is 6.92 Å². The highest BCUT2D eigenvalue weighted by Gasteiger charge is 2.32. The molecule has 1 aromatic carbocycles. The Kier molecular flexibility index (Phi) is 5.30. The zero-order chi connectivity index (χ0) is 20.3. The number of carbonyl (C=O) groups excluding carboxylic acids is 1. The van der Waals surface area contributed by atoms with E-state index in [0.29, 0.717) is 12.2 Å². The van der Waals surface area contributed by atoms with Gasteiger partial charge in [0.15, 0.2) is 0 Å². The Morgan fingerprint density at radius 1 is 1.25 bits per heavy atom. The summed E-state index contributed by atoms with van der Waals surface area (Å²) in [7, 11) is 0. The molecule has 0 unspecified atom stereocenters. The Balaban J connectivity index is 1.83. The molecule has 0 saturated heterocycles. The van der Waals surface area contributed by atoms with Crippen molar-refractivity contribution < 1.29 is 18.0 Å². The molecule has 146 valence electrons. The molecule has 0 aliphatic carbocycles. The van der Waals surface area contributed by atoms with E-state index in [2.05, 4.69) is 20.4 Å². The molecule has 7 nitrogen and oxygen atoms in total. The quantitative estimate of drug-likeness (QED) is 0.673. The number of nitrogens with zero attached hydrogens (tertiary/aromatic N) is 4. The standard InChI is InChI=1S/C18H17F3N6O/c1-11-6-12(13-9-24-27(10-13)5-3-16(22)28)8-14(7-11)25-17-23-4-2-15(26-17)18(19,20)21/h2,4,6-10H,3,5H2,1H3,(H2,22,28)(H,23,25,26). The fraction of sp³-hybridized carbons (Fsp3) is 0.222. The second-order valence-electron chi connectivity index (χ2n) is 6.18. The van der Waals surface area contributed by atoms with Crippen LogP contribution in [-0.2, 0) is 17.5 Å². The average molecular weight is 390 g/mol. The van der Waals surface area contributed by atoms with E-state index in [4.69, 9.17) is 5.73 Å². The third-order valence-electron chi connectivity index (χ3n) is 3.83. The van der Waals surface area contributed by atoms with Crippen molar-refractivity contribution in [2.24, 2.45) is 5.73 Å². The van der Waals surface area contributed by atoms with Gasteiger partial charge in [0.2, 0.25) is 11.9 Å². The minimum Gasteiger partial charge on any atom is -0.370 e. The average Bonchev–Trinajstić information content (AvgIpc) is 3.08. The molecular weight excluding hydrogens is 373 g/mol. The molecule has 0 aliphatic rings. The van der Waals surface area contributed by atoms with Gasteiger partial charge in [0.05, 0.1) is 6.20 Å². The van der Waals surface area contributed by atoms with Crippen molar-refractivity contribution in [3.8, 4) is 11.1 Å². The van der Waals surface area contributed by atoms with Gasteiger partial charge in [-0.05, 0) is 36.2 Å². The van der Waals surface area contributed by atoms with E-state index in [1.807, 2.05) is 13.0 Å². The number of hydrogen-bond acceptors (Lipinski definition) is 5. The summed E-state index contributed by atoms with van der Waals surface area (Å²) in [6.45, 7) is 2.23. The Labute approximate surface area is 158 Å². The minimum absolute atomic E-state index is 0.150. The first-order chi connectivity index (χ1) is 13.2. The molecule has 0 saturated carbocycles. The molecule has 2 aromatic heterocycles. The summed E-state index contributed by atoms with van der Waals surface area (Å²) in [5.74, 6) is -0.566. The van der Waals surface area contributed by atoms with Crippen molar-refractivity contribution in [2.75, 3.05) is 5.32 Å². The normalized spacial score (nSPS) is 11.4. The van der Waals surface area contributed by atoms with Crippen LogP contribution in [0.25, 0.3) is 11.1 Å². The first kappa shape index (κ1) is 19.3. The molecule has 10 heteroatoms. The summed E-state index contributed by atoms with van der Waals surface area (Å²) in [6.07, 6.45) is 0.0888. The van der Waals surface area contributed by atoms with Crippen molar-refractivity contribution in [1.29, 1.82) is 0 Å². The van der Waals surface area contributed by atoms with Crippen molar-refractivity contribution in [3.05, 3.63) is 54.1 Å². The van der Waals surface area contributed by atoms with Crippen LogP contribution in [0.15, 0.2) is 42.9 Å². The Morgan fingerprint density at radius 2 is 2.04 bits per heavy atom. The van der Waals surface area contributed by atoms with E-state index in [-0.39, 0.29) is 12.4 Å². The van der Waals surface area contributed by atoms with Gasteiger partial charge in [-0.25, -0.2) is 9.97 Å². The van der Waals surface area contributed by atoms with E-state index in [9.17, 15) is 18.0 Å². The van der Waals surface area contributed by atoms with Gasteiger partial charge >= 0.3 is 6.18 Å². The lowest BCUT2D eigenvalue weighted by Gasteiger charge is -2.10. The number of carbonyl (C=O) groups is 1. The number of nitrogens with one attached hydrogen (secondary N) is 1. The highest BCUT2D eigenvalue weighted by molar-refractivity contribution is 5.73. The molecule has 28 heavy (non-hydrogen) atoms. The summed E-state index contributed by atoms with van der Waals surface area (Å²) in [5, 5.41) is 6.99. The molecule has 0 spiro atoms. The number of rotatable bonds is 6. The number of nitrogens with two attached hydrogens (primary N) is 1. The van der Waals surface area contributed by atoms with Crippen molar-refractivity contribution in [3.63, 3.8) is 0 Å². The van der Waals surface area contributed by atoms with Crippen LogP contribution >= 0.6 is 0 Å². The van der Waals surface area contributed by atoms with Gasteiger partial charge in [-0.3, -0.25) is 9.48 Å². The lowest BCUT2D eigenvalue weighted by atomic mass is 10.1. The largest absolute Gasteiger partial charge is 0.433 e. The predicted octanol–water partition coefficient (Wildman–Crippen LogP) is 3.29. The van der Waals surface area contributed by atoms with Crippen LogP contribution in [0.2, 0.25) is 0 Å². The molecule has 0 radical (unpaired) electrons. The molecule has 3 N–H and O–H groups in total. The van der Waals surface area contributed by atoms with Crippen molar-refractivity contribution >= 4 is 17.5 Å². The third-order valence-corrected chi connectivity index (χ3v) is 3.83. The number of aromatic nitrogens is 4. The summed E-state index contributed by atoms with van der Waals surface area (Å²) >= 11 is 0. The highest BCUT2D eigenvalue weighted by Crippen LogP contribution is 2.29. The van der Waals surface area contributed by atoms with Crippen LogP contribution < -0.4 is 11.1 Å². The Morgan fingerprint density at radius 3 is 2.75 bits per heavy atom. The fourth-order valence-corrected chi connectivity index (χ4v) is 2.59. The number of benzene rings is 1. The second kappa shape index (κ2) is 7.67. The summed E-state index contributed by atoms with van der Waals surface area (Å²) in [4.78, 5) is 18.2. The van der Waals surface area contributed by atoms with Crippen LogP contribution in [0.5, 0.6) is 0 Å². The fourth-order valence-electron chi connectivity index (χ4n) is 2.59. The lowest BCUT2D eigenvalue weighted by molar-refractivity contribution is -0.141. The molecule has 0 bridgehead atoms. The summed E-state index contributed by atoms with van der Waals surface area (Å²) in [5.41, 5.74) is 7.14. The third kappa shape index (κ3) is 4.84. The van der Waals surface area contributed by atoms with Gasteiger partial charge in [0, 0.05) is 36.6 Å². The summed E-state index contributed by atoms with van der Waals surface area (Å²) in [6, 6.07) is 6.25. The van der Waals surface area contributed by atoms with Crippen LogP contribution in [0.4, 0.5) is 24.8 Å². The zero-order valence-electron chi connectivity index (χ0n) is 14.9. The van der Waals surface area contributed by atoms with Crippen LogP contribution in [0.1, 0.15) is 17.7 Å². The van der Waals surface area contributed by atoms with Gasteiger partial charge < -0.3 is 11.1 Å². The van der Waals surface area contributed by atoms with Crippen molar-refractivity contribution in [1.82, 2.24) is 19.7 Å². The summed E-state index contributed by atoms with van der Waals surface area (Å²) < 4.78 is 40.0. The van der Waals surface area contributed by atoms with Gasteiger partial charge in [0.25, 0.3) is 0 Å². The Bertz CT molecular complexity index is 999. The number of amides is 1. The molecule has 2 heterocycles. The number of aryl methyl sites for hydroxylation is 2. The molecule has 1 amide bonds. The van der Waals surface area contributed by atoms with E-state index in [1.165, 1.54) is 0 Å². The van der Waals surface area contributed by atoms with Gasteiger partial charge in [-0.15, -0.1) is 0 Å². The minimum atomic E-state index is -4.55. The van der Waals surface area contributed by atoms with Gasteiger partial charge in [-0.1, -0.05) is 6.07 Å². The number of alkyl halides is 3. The van der Waals surface area contributed by atoms with E-state index in [0.717, 1.165) is 29.0 Å². The first-order valence-electron chi connectivity index (χ1n) is 8.31. The lowest BCUT2D eigenvalue weighted by Crippen LogP contribution is -2.13. The highest BCUT2D eigenvalue weighted by atomic mass is 19.4. The Hall–Kier alpha value is -3.43. The first-order valence-corrected chi connectivity index (χ1v) is 8.31. The maximum Gasteiger partial charge on any atom is 0.433 e. The smallest absolute Gasteiger partial charge is 0.370 e. The maximum atomic E-state index is 12.8. The predicted molar refractivity (Wildman–Crippen MR) is 96.5 cm³/mol. The van der Waals surface area contributed by atoms with Crippen LogP contribution in [-0.4, -0.2) is 25.7 Å². The van der Waals surface area contributed by atoms with Gasteiger partial charge in [0.1, 0.15) is 5.69 Å². The topological polar surface area (TPSA) is 98.7 Å². The number of primary amides is 1. The molecule has 0 aliphatic heterocycles. The molecule has 3 aromatic rings. The SMILES string of the molecule is Cc1cc(Nc2nccc(C(F)(F)F)n2)cc(-c2cnn(CCC(N)=O)c2)c1. The second-order valence-corrected chi connectivity index (χ2v) is 6.18. The number of halogens is 3. The molecule has 0 fully saturated rings. The molecule has 3 rings (SSSR count). The van der Waals surface area contributed by atoms with E-state index >= 15 is 0 Å². The maximum absolute atomic E-state index is 12.8. The van der Waals surface area contributed by atoms with Crippen LogP contribution in [0.3, 0.4) is 0 Å². The van der Waals surface area contributed by atoms with E-state index < -0.39 is 17.8 Å². The molecule has 0 atom stereocenters. The monoisotopic (exact) mass is 390 g/mol. The van der Waals surface area contributed by atoms with Crippen molar-refractivity contribution in [2.45, 2.75) is 26.1 Å². The number of hydrogen-bond donors (Lipinski definition) is 2. The zero-order valence-corrected chi connectivity index (χ0v) is 14.9. The van der Waals surface area contributed by atoms with E-state index in [1.54, 1.807) is 29.2 Å². The van der Waals surface area contributed by atoms with Gasteiger partial charge in [-0.2, -0.15) is 18.3 Å². The molecular formula is C18H17F3N6O.